The summed E-state index contributed by atoms with van der Waals surface area (Å²) in [6, 6.07) is 6.48. The molecule has 1 aromatic heterocycles. The summed E-state index contributed by atoms with van der Waals surface area (Å²) >= 11 is 0. The average Bonchev–Trinajstić information content (AvgIpc) is 2.34. The van der Waals surface area contributed by atoms with E-state index in [4.69, 9.17) is 9.84 Å². The monoisotopic (exact) mass is 247 g/mol. The molecule has 0 aliphatic heterocycles. The summed E-state index contributed by atoms with van der Waals surface area (Å²) < 4.78 is 6.81. The topological polar surface area (TPSA) is 68.5 Å². The van der Waals surface area contributed by atoms with Crippen LogP contribution in [-0.4, -0.2) is 22.8 Å². The zero-order chi connectivity index (χ0) is 13.3. The highest BCUT2D eigenvalue weighted by Gasteiger charge is 2.10. The van der Waals surface area contributed by atoms with Crippen LogP contribution < -0.4 is 10.2 Å². The lowest BCUT2D eigenvalue weighted by atomic mass is 10.1. The van der Waals surface area contributed by atoms with Gasteiger partial charge in [0.2, 0.25) is 0 Å². The number of pyridine rings is 1. The van der Waals surface area contributed by atoms with Crippen LogP contribution in [0.1, 0.15) is 5.69 Å². The van der Waals surface area contributed by atoms with Gasteiger partial charge in [0.1, 0.15) is 5.75 Å². The molecule has 0 atom stereocenters. The highest BCUT2D eigenvalue weighted by atomic mass is 16.5. The molecular weight excluding hydrogens is 234 g/mol. The minimum atomic E-state index is -0.966. The van der Waals surface area contributed by atoms with Gasteiger partial charge in [0.05, 0.1) is 19.0 Å². The Hall–Kier alpha value is -2.30. The van der Waals surface area contributed by atoms with Crippen LogP contribution in [0.2, 0.25) is 0 Å². The number of carbonyl (C=O) groups is 1. The number of carboxylic acids is 1. The fraction of sp³-hybridized carbons (Fsp3) is 0.231. The Bertz CT molecular complexity index is 672. The van der Waals surface area contributed by atoms with E-state index in [9.17, 15) is 9.59 Å². The van der Waals surface area contributed by atoms with E-state index in [2.05, 4.69) is 0 Å². The Kier molecular flexibility index (Phi) is 3.06. The van der Waals surface area contributed by atoms with Crippen molar-refractivity contribution < 1.29 is 14.6 Å². The number of rotatable bonds is 3. The molecule has 0 aliphatic rings. The van der Waals surface area contributed by atoms with Crippen LogP contribution in [0, 0.1) is 0 Å². The van der Waals surface area contributed by atoms with Gasteiger partial charge in [-0.15, -0.1) is 0 Å². The van der Waals surface area contributed by atoms with Crippen molar-refractivity contribution in [1.29, 1.82) is 0 Å². The molecule has 0 saturated carbocycles. The van der Waals surface area contributed by atoms with E-state index >= 15 is 0 Å². The number of aryl methyl sites for hydroxylation is 1. The molecule has 0 aliphatic carbocycles. The van der Waals surface area contributed by atoms with Gasteiger partial charge in [0, 0.05) is 30.3 Å². The second-order valence-electron chi connectivity index (χ2n) is 4.01. The number of carboxylic acid groups (broad SMARTS) is 1. The maximum atomic E-state index is 11.9. The van der Waals surface area contributed by atoms with E-state index in [1.165, 1.54) is 6.07 Å². The number of benzene rings is 1. The largest absolute Gasteiger partial charge is 0.497 e. The molecule has 2 rings (SSSR count). The van der Waals surface area contributed by atoms with Crippen molar-refractivity contribution in [2.45, 2.75) is 6.42 Å². The molecule has 1 heterocycles. The fourth-order valence-electron chi connectivity index (χ4n) is 1.93. The van der Waals surface area contributed by atoms with Crippen LogP contribution in [-0.2, 0) is 18.3 Å². The first kappa shape index (κ1) is 12.2. The van der Waals surface area contributed by atoms with Crippen molar-refractivity contribution >= 4 is 16.9 Å². The first-order valence-corrected chi connectivity index (χ1v) is 5.41. The van der Waals surface area contributed by atoms with Gasteiger partial charge in [-0.25, -0.2) is 0 Å². The van der Waals surface area contributed by atoms with E-state index < -0.39 is 5.97 Å². The maximum Gasteiger partial charge on any atom is 0.309 e. The Morgan fingerprint density at radius 3 is 2.72 bits per heavy atom. The molecule has 0 radical (unpaired) electrons. The first-order valence-electron chi connectivity index (χ1n) is 5.41. The molecule has 18 heavy (non-hydrogen) atoms. The number of ether oxygens (including phenoxy) is 1. The van der Waals surface area contributed by atoms with Crippen LogP contribution in [0.4, 0.5) is 0 Å². The Labute approximate surface area is 103 Å². The van der Waals surface area contributed by atoms with Gasteiger partial charge in [-0.3, -0.25) is 9.59 Å². The van der Waals surface area contributed by atoms with E-state index in [0.29, 0.717) is 22.3 Å². The van der Waals surface area contributed by atoms with E-state index in [0.717, 1.165) is 0 Å². The lowest BCUT2D eigenvalue weighted by molar-refractivity contribution is -0.136. The number of methoxy groups -OCH3 is 1. The zero-order valence-corrected chi connectivity index (χ0v) is 10.1. The summed E-state index contributed by atoms with van der Waals surface area (Å²) in [4.78, 5) is 22.6. The standard InChI is InChI=1S/C13H13NO4/c1-14-8(6-13(16)17)5-12(15)10-4-3-9(18-2)7-11(10)14/h3-5,7H,6H2,1-2H3,(H,16,17). The van der Waals surface area contributed by atoms with Gasteiger partial charge < -0.3 is 14.4 Å². The minimum absolute atomic E-state index is 0.179. The van der Waals surface area contributed by atoms with Crippen LogP contribution in [0.3, 0.4) is 0 Å². The van der Waals surface area contributed by atoms with Crippen molar-refractivity contribution in [3.05, 3.63) is 40.2 Å². The second-order valence-corrected chi connectivity index (χ2v) is 4.01. The highest BCUT2D eigenvalue weighted by molar-refractivity contribution is 5.81. The summed E-state index contributed by atoms with van der Waals surface area (Å²) in [5, 5.41) is 9.36. The third kappa shape index (κ3) is 2.07. The Morgan fingerprint density at radius 1 is 1.39 bits per heavy atom. The number of hydrogen-bond acceptors (Lipinski definition) is 3. The van der Waals surface area contributed by atoms with Gasteiger partial charge >= 0.3 is 5.97 Å². The van der Waals surface area contributed by atoms with Crippen molar-refractivity contribution in [2.24, 2.45) is 7.05 Å². The summed E-state index contributed by atoms with van der Waals surface area (Å²) in [5.41, 5.74) is 0.952. The molecule has 0 fully saturated rings. The van der Waals surface area contributed by atoms with Gasteiger partial charge in [0.25, 0.3) is 0 Å². The van der Waals surface area contributed by atoms with Crippen LogP contribution in [0.15, 0.2) is 29.1 Å². The molecule has 0 saturated heterocycles. The smallest absolute Gasteiger partial charge is 0.309 e. The number of nitrogens with zero attached hydrogens (tertiary/aromatic N) is 1. The summed E-state index contributed by atoms with van der Waals surface area (Å²) in [7, 11) is 3.28. The highest BCUT2D eigenvalue weighted by Crippen LogP contribution is 2.19. The van der Waals surface area contributed by atoms with Gasteiger partial charge in [-0.1, -0.05) is 0 Å². The minimum Gasteiger partial charge on any atom is -0.497 e. The third-order valence-corrected chi connectivity index (χ3v) is 2.89. The van der Waals surface area contributed by atoms with Crippen molar-refractivity contribution in [3.8, 4) is 5.75 Å². The summed E-state index contributed by atoms with van der Waals surface area (Å²) in [5.74, 6) is -0.336. The van der Waals surface area contributed by atoms with Crippen molar-refractivity contribution in [1.82, 2.24) is 4.57 Å². The maximum absolute atomic E-state index is 11.9. The lowest BCUT2D eigenvalue weighted by Crippen LogP contribution is -2.14. The predicted octanol–water partition coefficient (Wildman–Crippen LogP) is 1.17. The third-order valence-electron chi connectivity index (χ3n) is 2.89. The van der Waals surface area contributed by atoms with Crippen LogP contribution in [0.25, 0.3) is 10.9 Å². The normalized spacial score (nSPS) is 10.6. The number of hydrogen-bond donors (Lipinski definition) is 1. The number of fused-ring (bicyclic) bond motifs is 1. The Morgan fingerprint density at radius 2 is 2.11 bits per heavy atom. The molecule has 5 heteroatoms. The number of aliphatic carboxylic acids is 1. The lowest BCUT2D eigenvalue weighted by Gasteiger charge is -2.11. The fourth-order valence-corrected chi connectivity index (χ4v) is 1.93. The molecule has 1 N–H and O–H groups in total. The molecule has 5 nitrogen and oxygen atoms in total. The van der Waals surface area contributed by atoms with Crippen molar-refractivity contribution in [3.63, 3.8) is 0 Å². The molecular formula is C13H13NO4. The number of aromatic nitrogens is 1. The molecule has 2 aromatic rings. The molecule has 0 spiro atoms. The van der Waals surface area contributed by atoms with E-state index in [-0.39, 0.29) is 11.8 Å². The van der Waals surface area contributed by atoms with Gasteiger partial charge in [0.15, 0.2) is 5.43 Å². The molecule has 0 bridgehead atoms. The quantitative estimate of drug-likeness (QED) is 0.884. The summed E-state index contributed by atoms with van der Waals surface area (Å²) in [6.45, 7) is 0. The second kappa shape index (κ2) is 4.52. The van der Waals surface area contributed by atoms with Gasteiger partial charge in [-0.05, 0) is 12.1 Å². The molecule has 1 aromatic carbocycles. The van der Waals surface area contributed by atoms with Crippen molar-refractivity contribution in [2.75, 3.05) is 7.11 Å². The summed E-state index contributed by atoms with van der Waals surface area (Å²) in [6.07, 6.45) is -0.182. The van der Waals surface area contributed by atoms with Crippen LogP contribution >= 0.6 is 0 Å². The Balaban J connectivity index is 2.74. The molecule has 0 amide bonds. The van der Waals surface area contributed by atoms with Gasteiger partial charge in [-0.2, -0.15) is 0 Å². The molecule has 0 unspecified atom stereocenters. The molecule has 94 valence electrons. The predicted molar refractivity (Wildman–Crippen MR) is 67.1 cm³/mol. The van der Waals surface area contributed by atoms with E-state index in [1.807, 2.05) is 0 Å². The van der Waals surface area contributed by atoms with E-state index in [1.54, 1.807) is 36.9 Å². The average molecular weight is 247 g/mol. The zero-order valence-electron chi connectivity index (χ0n) is 10.1. The van der Waals surface area contributed by atoms with Crippen LogP contribution in [0.5, 0.6) is 5.75 Å². The SMILES string of the molecule is COc1ccc2c(=O)cc(CC(=O)O)n(C)c2c1. The first-order chi connectivity index (χ1) is 8.52.